The number of hydrogen-bond acceptors (Lipinski definition) is 4. The zero-order valence-electron chi connectivity index (χ0n) is 16.6. The number of likely N-dealkylation sites (N-methyl/N-ethyl adjacent to an activating group) is 1. The molecule has 1 heterocycles. The van der Waals surface area contributed by atoms with Gasteiger partial charge in [0.2, 0.25) is 0 Å². The molecule has 7 heteroatoms. The standard InChI is InChI=1S/C23H22FN3O3/c1-2-26(18-12-10-17(24)11-13-18)22(28)15-30-23(29)21-14-20(16-8-9-16)25-27(21)19-6-4-3-5-7-19/h3-7,10-14,16H,2,8-9,15H2,1H3. The highest BCUT2D eigenvalue weighted by Gasteiger charge is 2.29. The number of hydrogen-bond donors (Lipinski definition) is 0. The van der Waals surface area contributed by atoms with E-state index in [0.29, 0.717) is 23.8 Å². The van der Waals surface area contributed by atoms with Gasteiger partial charge in [-0.05, 0) is 62.2 Å². The number of carbonyl (C=O) groups excluding carboxylic acids is 2. The fourth-order valence-electron chi connectivity index (χ4n) is 3.29. The zero-order valence-corrected chi connectivity index (χ0v) is 16.6. The van der Waals surface area contributed by atoms with Crippen molar-refractivity contribution in [3.05, 3.63) is 77.9 Å². The van der Waals surface area contributed by atoms with Crippen LogP contribution in [0.1, 0.15) is 41.9 Å². The van der Waals surface area contributed by atoms with E-state index < -0.39 is 12.6 Å². The molecule has 0 saturated heterocycles. The molecule has 2 aromatic carbocycles. The summed E-state index contributed by atoms with van der Waals surface area (Å²) in [6.45, 7) is 1.76. The summed E-state index contributed by atoms with van der Waals surface area (Å²) < 4.78 is 20.1. The van der Waals surface area contributed by atoms with Crippen LogP contribution < -0.4 is 4.90 Å². The van der Waals surface area contributed by atoms with E-state index in [1.807, 2.05) is 30.3 Å². The molecule has 4 rings (SSSR count). The van der Waals surface area contributed by atoms with Gasteiger partial charge in [-0.2, -0.15) is 5.10 Å². The average Bonchev–Trinajstić information content (AvgIpc) is 3.52. The molecule has 6 nitrogen and oxygen atoms in total. The molecule has 154 valence electrons. The smallest absolute Gasteiger partial charge is 0.357 e. The van der Waals surface area contributed by atoms with E-state index in [9.17, 15) is 14.0 Å². The Kier molecular flexibility index (Phi) is 5.61. The molecule has 1 aliphatic carbocycles. The number of anilines is 1. The molecule has 0 N–H and O–H groups in total. The molecular formula is C23H22FN3O3. The van der Waals surface area contributed by atoms with Gasteiger partial charge in [0.05, 0.1) is 11.4 Å². The van der Waals surface area contributed by atoms with Crippen LogP contribution in [0.15, 0.2) is 60.7 Å². The maximum Gasteiger partial charge on any atom is 0.357 e. The molecule has 0 aliphatic heterocycles. The number of rotatable bonds is 7. The van der Waals surface area contributed by atoms with E-state index >= 15 is 0 Å². The monoisotopic (exact) mass is 407 g/mol. The number of benzene rings is 2. The highest BCUT2D eigenvalue weighted by molar-refractivity contribution is 5.96. The van der Waals surface area contributed by atoms with Gasteiger partial charge in [0.1, 0.15) is 5.82 Å². The minimum Gasteiger partial charge on any atom is -0.451 e. The first-order valence-electron chi connectivity index (χ1n) is 9.95. The van der Waals surface area contributed by atoms with Crippen LogP contribution in [-0.4, -0.2) is 34.8 Å². The summed E-state index contributed by atoms with van der Waals surface area (Å²) in [4.78, 5) is 26.8. The second-order valence-electron chi connectivity index (χ2n) is 7.17. The van der Waals surface area contributed by atoms with Gasteiger partial charge < -0.3 is 9.64 Å². The molecule has 30 heavy (non-hydrogen) atoms. The predicted molar refractivity (Wildman–Crippen MR) is 110 cm³/mol. The van der Waals surface area contributed by atoms with E-state index in [0.717, 1.165) is 24.2 Å². The summed E-state index contributed by atoms with van der Waals surface area (Å²) in [6, 6.07) is 16.7. The number of carbonyl (C=O) groups is 2. The van der Waals surface area contributed by atoms with Crippen molar-refractivity contribution in [1.29, 1.82) is 0 Å². The molecular weight excluding hydrogens is 385 g/mol. The highest BCUT2D eigenvalue weighted by Crippen LogP contribution is 2.39. The first kappa shape index (κ1) is 19.8. The normalized spacial score (nSPS) is 13.1. The minimum absolute atomic E-state index is 0.292. The Bertz CT molecular complexity index is 1040. The topological polar surface area (TPSA) is 64.4 Å². The molecule has 1 aromatic heterocycles. The molecule has 1 amide bonds. The van der Waals surface area contributed by atoms with Crippen LogP contribution in [-0.2, 0) is 9.53 Å². The fraction of sp³-hybridized carbons (Fsp3) is 0.261. The lowest BCUT2D eigenvalue weighted by molar-refractivity contribution is -0.121. The van der Waals surface area contributed by atoms with E-state index in [2.05, 4.69) is 5.10 Å². The van der Waals surface area contributed by atoms with Crippen LogP contribution in [0.5, 0.6) is 0 Å². The lowest BCUT2D eigenvalue weighted by Gasteiger charge is -2.20. The Morgan fingerprint density at radius 1 is 1.13 bits per heavy atom. The SMILES string of the molecule is CCN(C(=O)COC(=O)c1cc(C2CC2)nn1-c1ccccc1)c1ccc(F)cc1. The molecule has 1 fully saturated rings. The molecule has 0 unspecified atom stereocenters. The molecule has 1 aliphatic rings. The lowest BCUT2D eigenvalue weighted by Crippen LogP contribution is -2.34. The number of halogens is 1. The van der Waals surface area contributed by atoms with Crippen molar-refractivity contribution in [2.45, 2.75) is 25.7 Å². The summed E-state index contributed by atoms with van der Waals surface area (Å²) in [5, 5.41) is 4.58. The summed E-state index contributed by atoms with van der Waals surface area (Å²) in [5.74, 6) is -1.00. The Balaban J connectivity index is 1.49. The Labute approximate surface area is 173 Å². The van der Waals surface area contributed by atoms with Crippen molar-refractivity contribution >= 4 is 17.6 Å². The molecule has 0 atom stereocenters. The number of aromatic nitrogens is 2. The van der Waals surface area contributed by atoms with Gasteiger partial charge in [0.15, 0.2) is 12.3 Å². The van der Waals surface area contributed by atoms with Crippen molar-refractivity contribution in [1.82, 2.24) is 9.78 Å². The van der Waals surface area contributed by atoms with Gasteiger partial charge in [-0.15, -0.1) is 0 Å². The number of para-hydroxylation sites is 1. The molecule has 0 bridgehead atoms. The van der Waals surface area contributed by atoms with E-state index in [-0.39, 0.29) is 11.7 Å². The molecule has 0 radical (unpaired) electrons. The molecule has 0 spiro atoms. The third kappa shape index (κ3) is 4.25. The third-order valence-corrected chi connectivity index (χ3v) is 5.02. The number of ether oxygens (including phenoxy) is 1. The van der Waals surface area contributed by atoms with Crippen molar-refractivity contribution in [3.63, 3.8) is 0 Å². The van der Waals surface area contributed by atoms with E-state index in [4.69, 9.17) is 4.74 Å². The van der Waals surface area contributed by atoms with E-state index in [1.165, 1.54) is 29.2 Å². The van der Waals surface area contributed by atoms with Crippen LogP contribution in [0, 0.1) is 5.82 Å². The van der Waals surface area contributed by atoms with Gasteiger partial charge in [0, 0.05) is 18.2 Å². The summed E-state index contributed by atoms with van der Waals surface area (Å²) in [7, 11) is 0. The number of amides is 1. The van der Waals surface area contributed by atoms with Gasteiger partial charge in [-0.1, -0.05) is 18.2 Å². The van der Waals surface area contributed by atoms with Crippen LogP contribution >= 0.6 is 0 Å². The Morgan fingerprint density at radius 2 is 1.83 bits per heavy atom. The van der Waals surface area contributed by atoms with Gasteiger partial charge in [-0.25, -0.2) is 13.9 Å². The second kappa shape index (κ2) is 8.49. The zero-order chi connectivity index (χ0) is 21.1. The third-order valence-electron chi connectivity index (χ3n) is 5.02. The van der Waals surface area contributed by atoms with Crippen LogP contribution in [0.3, 0.4) is 0 Å². The fourth-order valence-corrected chi connectivity index (χ4v) is 3.29. The summed E-state index contributed by atoms with van der Waals surface area (Å²) in [5.41, 5.74) is 2.45. The van der Waals surface area contributed by atoms with Crippen LogP contribution in [0.2, 0.25) is 0 Å². The highest BCUT2D eigenvalue weighted by atomic mass is 19.1. The quantitative estimate of drug-likeness (QED) is 0.553. The number of esters is 1. The van der Waals surface area contributed by atoms with Crippen LogP contribution in [0.4, 0.5) is 10.1 Å². The van der Waals surface area contributed by atoms with Crippen molar-refractivity contribution < 1.29 is 18.7 Å². The van der Waals surface area contributed by atoms with Crippen LogP contribution in [0.25, 0.3) is 5.69 Å². The predicted octanol–water partition coefficient (Wildman–Crippen LogP) is 4.10. The molecule has 1 saturated carbocycles. The Morgan fingerprint density at radius 3 is 2.47 bits per heavy atom. The van der Waals surface area contributed by atoms with Crippen molar-refractivity contribution in [2.75, 3.05) is 18.1 Å². The summed E-state index contributed by atoms with van der Waals surface area (Å²) >= 11 is 0. The van der Waals surface area contributed by atoms with Gasteiger partial charge in [-0.3, -0.25) is 4.79 Å². The van der Waals surface area contributed by atoms with Gasteiger partial charge in [0.25, 0.3) is 5.91 Å². The van der Waals surface area contributed by atoms with E-state index in [1.54, 1.807) is 17.7 Å². The second-order valence-corrected chi connectivity index (χ2v) is 7.17. The minimum atomic E-state index is -0.609. The number of nitrogens with zero attached hydrogens (tertiary/aromatic N) is 3. The maximum atomic E-state index is 13.2. The molecule has 3 aromatic rings. The van der Waals surface area contributed by atoms with Gasteiger partial charge >= 0.3 is 5.97 Å². The first-order valence-corrected chi connectivity index (χ1v) is 9.95. The average molecular weight is 407 g/mol. The Hall–Kier alpha value is -3.48. The lowest BCUT2D eigenvalue weighted by atomic mass is 10.2. The summed E-state index contributed by atoms with van der Waals surface area (Å²) in [6.07, 6.45) is 2.11. The largest absolute Gasteiger partial charge is 0.451 e. The first-order chi connectivity index (χ1) is 14.6. The maximum absolute atomic E-state index is 13.2. The van der Waals surface area contributed by atoms with Crippen molar-refractivity contribution in [2.24, 2.45) is 0 Å². The van der Waals surface area contributed by atoms with Crippen molar-refractivity contribution in [3.8, 4) is 5.69 Å².